The molecule has 3 aromatic rings. The van der Waals surface area contributed by atoms with Crippen LogP contribution >= 0.6 is 0 Å². The highest BCUT2D eigenvalue weighted by Gasteiger charge is 2.40. The second-order valence-electron chi connectivity index (χ2n) is 10.3. The van der Waals surface area contributed by atoms with Crippen LogP contribution in [-0.2, 0) is 14.3 Å². The number of imidazole rings is 1. The maximum atomic E-state index is 13.7. The summed E-state index contributed by atoms with van der Waals surface area (Å²) in [4.78, 5) is 32.3. The average Bonchev–Trinajstić information content (AvgIpc) is 3.38. The zero-order chi connectivity index (χ0) is 26.7. The molecule has 0 atom stereocenters. The molecule has 1 amide bonds. The smallest absolute Gasteiger partial charge is 0.230 e. The summed E-state index contributed by atoms with van der Waals surface area (Å²) in [6.07, 6.45) is 4.77. The van der Waals surface area contributed by atoms with Crippen LogP contribution in [-0.4, -0.2) is 58.7 Å². The molecule has 0 spiro atoms. The van der Waals surface area contributed by atoms with E-state index in [1.54, 1.807) is 31.3 Å². The lowest BCUT2D eigenvalue weighted by molar-refractivity contribution is -0.230. The number of H-pyrrole nitrogens is 1. The van der Waals surface area contributed by atoms with Gasteiger partial charge in [0.25, 0.3) is 0 Å². The molecule has 0 aliphatic carbocycles. The van der Waals surface area contributed by atoms with Gasteiger partial charge in [0, 0.05) is 31.4 Å². The van der Waals surface area contributed by atoms with Crippen molar-refractivity contribution in [1.29, 1.82) is 0 Å². The van der Waals surface area contributed by atoms with Crippen LogP contribution in [0, 0.1) is 17.2 Å². The molecule has 2 saturated heterocycles. The first-order valence-corrected chi connectivity index (χ1v) is 12.9. The van der Waals surface area contributed by atoms with Crippen molar-refractivity contribution in [2.24, 2.45) is 11.3 Å². The van der Waals surface area contributed by atoms with E-state index in [1.807, 2.05) is 6.07 Å². The Bertz CT molecular complexity index is 1280. The summed E-state index contributed by atoms with van der Waals surface area (Å²) in [7, 11) is 0. The first kappa shape index (κ1) is 26.0. The summed E-state index contributed by atoms with van der Waals surface area (Å²) >= 11 is 0. The van der Waals surface area contributed by atoms with Gasteiger partial charge in [-0.3, -0.25) is 4.79 Å². The molecule has 9 nitrogen and oxygen atoms in total. The second kappa shape index (κ2) is 11.0. The molecule has 1 aromatic carbocycles. The number of nitrogens with one attached hydrogen (secondary N) is 2. The van der Waals surface area contributed by atoms with Crippen LogP contribution < -0.4 is 10.2 Å². The second-order valence-corrected chi connectivity index (χ2v) is 10.3. The number of piperidine rings is 1. The molecular weight excluding hydrogens is 487 g/mol. The van der Waals surface area contributed by atoms with Crippen LogP contribution in [0.4, 0.5) is 10.3 Å². The standard InChI is InChI=1S/C28H33FN6O3/c1-4-12-30-26(36)28(3)16-37-25(38-17-28)24-33-22(19-5-7-20(29)8-6-19)23(34-24)21-9-13-31-27(32-21)35-14-10-18(2)11-15-35/h4-9,13,18,25H,1,10-12,14-17H2,2-3H3,(H,30,36)(H,33,34). The lowest BCUT2D eigenvalue weighted by Gasteiger charge is -2.35. The first-order chi connectivity index (χ1) is 18.4. The molecule has 2 aromatic heterocycles. The monoisotopic (exact) mass is 520 g/mol. The minimum atomic E-state index is -0.831. The number of aromatic nitrogens is 4. The summed E-state index contributed by atoms with van der Waals surface area (Å²) in [5.41, 5.74) is 1.81. The quantitative estimate of drug-likeness (QED) is 0.449. The number of hydrogen-bond donors (Lipinski definition) is 2. The lowest BCUT2D eigenvalue weighted by Crippen LogP contribution is -2.48. The van der Waals surface area contributed by atoms with Gasteiger partial charge in [0.05, 0.1) is 35.7 Å². The highest BCUT2D eigenvalue weighted by molar-refractivity contribution is 5.82. The maximum Gasteiger partial charge on any atom is 0.230 e. The molecule has 5 rings (SSSR count). The Hall–Kier alpha value is -3.63. The Morgan fingerprint density at radius 3 is 2.61 bits per heavy atom. The fourth-order valence-electron chi connectivity index (χ4n) is 4.63. The minimum absolute atomic E-state index is 0.160. The fraction of sp³-hybridized carbons (Fsp3) is 0.429. The van der Waals surface area contributed by atoms with Crippen LogP contribution in [0.5, 0.6) is 0 Å². The molecule has 0 saturated carbocycles. The predicted molar refractivity (Wildman–Crippen MR) is 142 cm³/mol. The maximum absolute atomic E-state index is 13.7. The van der Waals surface area contributed by atoms with E-state index in [1.165, 1.54) is 12.1 Å². The number of aromatic amines is 1. The molecule has 0 bridgehead atoms. The molecule has 2 aliphatic rings. The summed E-state index contributed by atoms with van der Waals surface area (Å²) in [5.74, 6) is 1.31. The molecule has 4 heterocycles. The molecular formula is C28H33FN6O3. The molecule has 10 heteroatoms. The summed E-state index contributed by atoms with van der Waals surface area (Å²) < 4.78 is 25.6. The SMILES string of the molecule is C=CCNC(=O)C1(C)COC(c2nc(-c3ccc(F)cc3)c(-c3ccnc(N4CCC(C)CC4)n3)[nH]2)OC1. The Balaban J connectivity index is 1.44. The Morgan fingerprint density at radius 1 is 1.21 bits per heavy atom. The number of hydrogen-bond acceptors (Lipinski definition) is 7. The molecule has 0 radical (unpaired) electrons. The van der Waals surface area contributed by atoms with Gasteiger partial charge in [-0.1, -0.05) is 13.0 Å². The van der Waals surface area contributed by atoms with Crippen molar-refractivity contribution < 1.29 is 18.7 Å². The van der Waals surface area contributed by atoms with Crippen LogP contribution in [0.2, 0.25) is 0 Å². The zero-order valence-electron chi connectivity index (χ0n) is 21.7. The molecule has 2 N–H and O–H groups in total. The van der Waals surface area contributed by atoms with Gasteiger partial charge in [0.15, 0.2) is 5.82 Å². The molecule has 200 valence electrons. The summed E-state index contributed by atoms with van der Waals surface area (Å²) in [6.45, 7) is 10.2. The first-order valence-electron chi connectivity index (χ1n) is 12.9. The van der Waals surface area contributed by atoms with Crippen molar-refractivity contribution in [3.8, 4) is 22.6 Å². The van der Waals surface area contributed by atoms with Crippen molar-refractivity contribution in [2.75, 3.05) is 37.7 Å². The normalized spacial score (nSPS) is 22.3. The number of carbonyl (C=O) groups is 1. The van der Waals surface area contributed by atoms with E-state index in [4.69, 9.17) is 19.4 Å². The summed E-state index contributed by atoms with van der Waals surface area (Å²) in [6, 6.07) is 7.97. The number of amides is 1. The highest BCUT2D eigenvalue weighted by Crippen LogP contribution is 2.36. The third-order valence-electron chi connectivity index (χ3n) is 7.09. The Kier molecular flexibility index (Phi) is 7.53. The Labute approximate surface area is 221 Å². The molecule has 38 heavy (non-hydrogen) atoms. The number of anilines is 1. The van der Waals surface area contributed by atoms with Gasteiger partial charge in [-0.25, -0.2) is 19.3 Å². The number of rotatable bonds is 7. The van der Waals surface area contributed by atoms with E-state index in [0.717, 1.165) is 31.5 Å². The van der Waals surface area contributed by atoms with Crippen LogP contribution in [0.1, 0.15) is 38.8 Å². The number of nitrogens with zero attached hydrogens (tertiary/aromatic N) is 4. The zero-order valence-corrected chi connectivity index (χ0v) is 21.7. The van der Waals surface area contributed by atoms with Crippen LogP contribution in [0.25, 0.3) is 22.6 Å². The highest BCUT2D eigenvalue weighted by atomic mass is 19.1. The number of halogens is 1. The van der Waals surface area contributed by atoms with Gasteiger partial charge in [-0.2, -0.15) is 0 Å². The van der Waals surface area contributed by atoms with Crippen LogP contribution in [0.15, 0.2) is 49.2 Å². The van der Waals surface area contributed by atoms with E-state index in [-0.39, 0.29) is 24.9 Å². The largest absolute Gasteiger partial charge is 0.352 e. The van der Waals surface area contributed by atoms with Crippen molar-refractivity contribution in [2.45, 2.75) is 33.0 Å². The van der Waals surface area contributed by atoms with Crippen molar-refractivity contribution in [3.63, 3.8) is 0 Å². The summed E-state index contributed by atoms with van der Waals surface area (Å²) in [5, 5.41) is 2.80. The van der Waals surface area contributed by atoms with Gasteiger partial charge >= 0.3 is 0 Å². The van der Waals surface area contributed by atoms with E-state index in [9.17, 15) is 9.18 Å². The third-order valence-corrected chi connectivity index (χ3v) is 7.09. The van der Waals surface area contributed by atoms with E-state index >= 15 is 0 Å². The van der Waals surface area contributed by atoms with E-state index in [2.05, 4.69) is 33.7 Å². The molecule has 2 fully saturated rings. The van der Waals surface area contributed by atoms with Gasteiger partial charge in [-0.05, 0) is 56.0 Å². The third kappa shape index (κ3) is 5.46. The predicted octanol–water partition coefficient (Wildman–Crippen LogP) is 4.26. The van der Waals surface area contributed by atoms with E-state index < -0.39 is 11.7 Å². The Morgan fingerprint density at radius 2 is 1.92 bits per heavy atom. The molecule has 2 aliphatic heterocycles. The number of benzene rings is 1. The van der Waals surface area contributed by atoms with Crippen molar-refractivity contribution in [1.82, 2.24) is 25.3 Å². The van der Waals surface area contributed by atoms with Gasteiger partial charge in [0.1, 0.15) is 5.82 Å². The van der Waals surface area contributed by atoms with Gasteiger partial charge < -0.3 is 24.7 Å². The minimum Gasteiger partial charge on any atom is -0.352 e. The average molecular weight is 521 g/mol. The van der Waals surface area contributed by atoms with Crippen molar-refractivity contribution in [3.05, 3.63) is 60.8 Å². The van der Waals surface area contributed by atoms with Crippen LogP contribution in [0.3, 0.4) is 0 Å². The van der Waals surface area contributed by atoms with Gasteiger partial charge in [0.2, 0.25) is 18.1 Å². The molecule has 0 unspecified atom stereocenters. The number of ether oxygens (including phenoxy) is 2. The van der Waals surface area contributed by atoms with Crippen molar-refractivity contribution >= 4 is 11.9 Å². The lowest BCUT2D eigenvalue weighted by atomic mass is 9.91. The fourth-order valence-corrected chi connectivity index (χ4v) is 4.63. The van der Waals surface area contributed by atoms with Gasteiger partial charge in [-0.15, -0.1) is 6.58 Å². The van der Waals surface area contributed by atoms with E-state index in [0.29, 0.717) is 41.3 Å². The topological polar surface area (TPSA) is 105 Å². The number of carbonyl (C=O) groups excluding carboxylic acids is 1.